The van der Waals surface area contributed by atoms with Crippen molar-refractivity contribution in [3.8, 4) is 0 Å². The van der Waals surface area contributed by atoms with Crippen molar-refractivity contribution in [1.82, 2.24) is 0 Å². The molecule has 0 aromatic heterocycles. The van der Waals surface area contributed by atoms with Gasteiger partial charge in [0.25, 0.3) is 0 Å². The molecular weight excluding hydrogens is 258 g/mol. The summed E-state index contributed by atoms with van der Waals surface area (Å²) in [4.78, 5) is 11.9. The first-order chi connectivity index (χ1) is 9.15. The van der Waals surface area contributed by atoms with Gasteiger partial charge in [0.2, 0.25) is 0 Å². The number of carbonyl (C=O) groups is 1. The van der Waals surface area contributed by atoms with E-state index in [1.807, 2.05) is 0 Å². The summed E-state index contributed by atoms with van der Waals surface area (Å²) in [6.45, 7) is 2.22. The lowest BCUT2D eigenvalue weighted by Gasteiger charge is -2.04. The maximum atomic E-state index is 11.9. The van der Waals surface area contributed by atoms with Crippen LogP contribution in [0, 0.1) is 0 Å². The Bertz CT molecular complexity index is 404. The van der Waals surface area contributed by atoms with E-state index in [1.165, 1.54) is 32.1 Å². The maximum Gasteiger partial charge on any atom is 0.162 e. The summed E-state index contributed by atoms with van der Waals surface area (Å²) in [5.41, 5.74) is 6.85. The van der Waals surface area contributed by atoms with Gasteiger partial charge < -0.3 is 5.73 Å². The fourth-order valence-electron chi connectivity index (χ4n) is 2.10. The zero-order chi connectivity index (χ0) is 14.1. The van der Waals surface area contributed by atoms with Gasteiger partial charge in [-0.25, -0.2) is 0 Å². The van der Waals surface area contributed by atoms with Crippen molar-refractivity contribution < 1.29 is 4.79 Å². The number of rotatable bonds is 9. The van der Waals surface area contributed by atoms with Crippen molar-refractivity contribution in [2.45, 2.75) is 58.3 Å². The molecule has 106 valence electrons. The Kier molecular flexibility index (Phi) is 7.57. The Morgan fingerprint density at radius 3 is 2.37 bits per heavy atom. The summed E-state index contributed by atoms with van der Waals surface area (Å²) in [5.74, 6) is 0.164. The minimum Gasteiger partial charge on any atom is -0.398 e. The molecule has 1 aromatic rings. The third kappa shape index (κ3) is 6.11. The molecule has 0 heterocycles. The molecule has 0 aliphatic rings. The molecule has 0 bridgehead atoms. The minimum atomic E-state index is 0.164. The summed E-state index contributed by atoms with van der Waals surface area (Å²) in [6, 6.07) is 5.11. The molecule has 1 rings (SSSR count). The minimum absolute atomic E-state index is 0.164. The molecule has 0 atom stereocenters. The molecule has 0 amide bonds. The molecule has 0 saturated carbocycles. The summed E-state index contributed by atoms with van der Waals surface area (Å²) < 4.78 is 0. The molecule has 19 heavy (non-hydrogen) atoms. The molecule has 0 fully saturated rings. The van der Waals surface area contributed by atoms with Crippen molar-refractivity contribution in [2.24, 2.45) is 0 Å². The Morgan fingerprint density at radius 2 is 1.74 bits per heavy atom. The largest absolute Gasteiger partial charge is 0.398 e. The predicted molar refractivity (Wildman–Crippen MR) is 82.8 cm³/mol. The highest BCUT2D eigenvalue weighted by molar-refractivity contribution is 6.33. The van der Waals surface area contributed by atoms with E-state index in [-0.39, 0.29) is 5.78 Å². The number of nitrogen functional groups attached to an aromatic ring is 1. The van der Waals surface area contributed by atoms with Gasteiger partial charge in [-0.3, -0.25) is 4.79 Å². The molecular formula is C16H24ClNO. The highest BCUT2D eigenvalue weighted by Gasteiger charge is 2.07. The van der Waals surface area contributed by atoms with Crippen LogP contribution < -0.4 is 5.73 Å². The van der Waals surface area contributed by atoms with E-state index in [2.05, 4.69) is 6.92 Å². The summed E-state index contributed by atoms with van der Waals surface area (Å²) >= 11 is 5.84. The molecule has 0 unspecified atom stereocenters. The number of unbranched alkanes of at least 4 members (excludes halogenated alkanes) is 6. The van der Waals surface area contributed by atoms with Crippen molar-refractivity contribution in [2.75, 3.05) is 5.73 Å². The van der Waals surface area contributed by atoms with E-state index < -0.39 is 0 Å². The smallest absolute Gasteiger partial charge is 0.162 e. The first kappa shape index (κ1) is 16.0. The highest BCUT2D eigenvalue weighted by atomic mass is 35.5. The average molecular weight is 282 g/mol. The Morgan fingerprint density at radius 1 is 1.11 bits per heavy atom. The van der Waals surface area contributed by atoms with Gasteiger partial charge in [0.05, 0.1) is 10.7 Å². The van der Waals surface area contributed by atoms with Crippen LogP contribution in [0.2, 0.25) is 5.02 Å². The molecule has 0 spiro atoms. The van der Waals surface area contributed by atoms with Gasteiger partial charge in [0.1, 0.15) is 0 Å². The number of hydrogen-bond donors (Lipinski definition) is 1. The lowest BCUT2D eigenvalue weighted by molar-refractivity contribution is 0.0979. The van der Waals surface area contributed by atoms with E-state index in [0.29, 0.717) is 22.7 Å². The van der Waals surface area contributed by atoms with E-state index in [0.717, 1.165) is 12.8 Å². The second-order valence-electron chi connectivity index (χ2n) is 5.03. The number of hydrogen-bond acceptors (Lipinski definition) is 2. The zero-order valence-corrected chi connectivity index (χ0v) is 12.5. The van der Waals surface area contributed by atoms with Gasteiger partial charge >= 0.3 is 0 Å². The third-order valence-corrected chi connectivity index (χ3v) is 3.67. The van der Waals surface area contributed by atoms with E-state index in [4.69, 9.17) is 17.3 Å². The summed E-state index contributed by atoms with van der Waals surface area (Å²) in [6.07, 6.45) is 9.14. The van der Waals surface area contributed by atoms with Crippen LogP contribution in [-0.4, -0.2) is 5.78 Å². The van der Waals surface area contributed by atoms with Crippen molar-refractivity contribution >= 4 is 23.1 Å². The van der Waals surface area contributed by atoms with E-state index >= 15 is 0 Å². The number of benzene rings is 1. The van der Waals surface area contributed by atoms with Gasteiger partial charge in [-0.05, 0) is 24.6 Å². The molecule has 3 heteroatoms. The molecule has 0 saturated heterocycles. The second-order valence-corrected chi connectivity index (χ2v) is 5.44. The SMILES string of the molecule is CCCCCCCCCC(=O)c1ccc(Cl)c(N)c1. The fourth-order valence-corrected chi connectivity index (χ4v) is 2.22. The van der Waals surface area contributed by atoms with Crippen LogP contribution in [0.1, 0.15) is 68.6 Å². The lowest BCUT2D eigenvalue weighted by atomic mass is 10.0. The number of Topliss-reactive ketones (excluding diaryl/α,β-unsaturated/α-hetero) is 1. The van der Waals surface area contributed by atoms with E-state index in [1.54, 1.807) is 18.2 Å². The highest BCUT2D eigenvalue weighted by Crippen LogP contribution is 2.21. The van der Waals surface area contributed by atoms with Crippen LogP contribution in [0.4, 0.5) is 5.69 Å². The second kappa shape index (κ2) is 8.98. The van der Waals surface area contributed by atoms with Crippen molar-refractivity contribution in [3.05, 3.63) is 28.8 Å². The average Bonchev–Trinajstić information content (AvgIpc) is 2.40. The van der Waals surface area contributed by atoms with Gasteiger partial charge in [-0.1, -0.05) is 57.0 Å². The Labute approximate surface area is 121 Å². The monoisotopic (exact) mass is 281 g/mol. The number of carbonyl (C=O) groups excluding carboxylic acids is 1. The summed E-state index contributed by atoms with van der Waals surface area (Å²) in [7, 11) is 0. The normalized spacial score (nSPS) is 10.6. The fraction of sp³-hybridized carbons (Fsp3) is 0.562. The maximum absolute atomic E-state index is 11.9. The van der Waals surface area contributed by atoms with Gasteiger partial charge in [0, 0.05) is 12.0 Å². The predicted octanol–water partition coefficient (Wildman–Crippen LogP) is 5.25. The van der Waals surface area contributed by atoms with Gasteiger partial charge in [0.15, 0.2) is 5.78 Å². The van der Waals surface area contributed by atoms with E-state index in [9.17, 15) is 4.79 Å². The summed E-state index contributed by atoms with van der Waals surface area (Å²) in [5, 5.41) is 0.507. The zero-order valence-electron chi connectivity index (χ0n) is 11.8. The topological polar surface area (TPSA) is 43.1 Å². The van der Waals surface area contributed by atoms with Crippen LogP contribution in [0.15, 0.2) is 18.2 Å². The van der Waals surface area contributed by atoms with Crippen LogP contribution in [0.3, 0.4) is 0 Å². The van der Waals surface area contributed by atoms with Crippen molar-refractivity contribution in [3.63, 3.8) is 0 Å². The number of halogens is 1. The van der Waals surface area contributed by atoms with Crippen LogP contribution in [0.5, 0.6) is 0 Å². The quantitative estimate of drug-likeness (QED) is 0.382. The lowest BCUT2D eigenvalue weighted by Crippen LogP contribution is -2.00. The third-order valence-electron chi connectivity index (χ3n) is 3.33. The van der Waals surface area contributed by atoms with Gasteiger partial charge in [-0.15, -0.1) is 0 Å². The van der Waals surface area contributed by atoms with Crippen LogP contribution >= 0.6 is 11.6 Å². The molecule has 0 aliphatic heterocycles. The Balaban J connectivity index is 2.22. The van der Waals surface area contributed by atoms with Crippen LogP contribution in [0.25, 0.3) is 0 Å². The first-order valence-electron chi connectivity index (χ1n) is 7.23. The van der Waals surface area contributed by atoms with Crippen molar-refractivity contribution in [1.29, 1.82) is 0 Å². The number of nitrogens with two attached hydrogens (primary N) is 1. The van der Waals surface area contributed by atoms with Crippen LogP contribution in [-0.2, 0) is 0 Å². The van der Waals surface area contributed by atoms with Gasteiger partial charge in [-0.2, -0.15) is 0 Å². The molecule has 0 aliphatic carbocycles. The first-order valence-corrected chi connectivity index (χ1v) is 7.61. The molecule has 2 N–H and O–H groups in total. The molecule has 2 nitrogen and oxygen atoms in total. The number of anilines is 1. The Hall–Kier alpha value is -1.02. The standard InChI is InChI=1S/C16H24ClNO/c1-2-3-4-5-6-7-8-9-16(19)13-10-11-14(17)15(18)12-13/h10-12H,2-9,18H2,1H3. The molecule has 1 aromatic carbocycles. The number of ketones is 1. The molecule has 0 radical (unpaired) electrons.